The molecule has 0 radical (unpaired) electrons. The van der Waals surface area contributed by atoms with Crippen LogP contribution in [0.5, 0.6) is 0 Å². The summed E-state index contributed by atoms with van der Waals surface area (Å²) in [6, 6.07) is 0. The molecule has 0 aliphatic rings. The van der Waals surface area contributed by atoms with E-state index in [0.29, 0.717) is 0 Å². The first-order chi connectivity index (χ1) is 20.2. The molecule has 0 aliphatic heterocycles. The van der Waals surface area contributed by atoms with Crippen molar-refractivity contribution in [2.75, 3.05) is 24.6 Å². The monoisotopic (exact) mass is 597 g/mol. The van der Waals surface area contributed by atoms with Crippen molar-refractivity contribution in [1.82, 2.24) is 0 Å². The van der Waals surface area contributed by atoms with Gasteiger partial charge in [0, 0.05) is 0 Å². The number of hydrogen-bond acceptors (Lipinski definition) is 0. The van der Waals surface area contributed by atoms with E-state index in [9.17, 15) is 0 Å². The van der Waals surface area contributed by atoms with Gasteiger partial charge in [0.25, 0.3) is 0 Å². The van der Waals surface area contributed by atoms with Crippen LogP contribution in [0.15, 0.2) is 0 Å². The van der Waals surface area contributed by atoms with E-state index in [2.05, 4.69) is 27.7 Å². The van der Waals surface area contributed by atoms with Gasteiger partial charge in [0.15, 0.2) is 0 Å². The van der Waals surface area contributed by atoms with Crippen LogP contribution in [-0.2, 0) is 0 Å². The van der Waals surface area contributed by atoms with Crippen LogP contribution in [0.4, 0.5) is 0 Å². The molecule has 0 N–H and O–H groups in total. The van der Waals surface area contributed by atoms with Gasteiger partial charge in [-0.25, -0.2) is 0 Å². The average Bonchev–Trinajstić information content (AvgIpc) is 2.98. The summed E-state index contributed by atoms with van der Waals surface area (Å²) < 4.78 is 0. The van der Waals surface area contributed by atoms with Gasteiger partial charge in [-0.1, -0.05) is 0 Å². The molecular formula is C40H85P. The van der Waals surface area contributed by atoms with Gasteiger partial charge in [-0.05, 0) is 0 Å². The summed E-state index contributed by atoms with van der Waals surface area (Å²) in [4.78, 5) is 0. The second-order valence-corrected chi connectivity index (χ2v) is 19.4. The topological polar surface area (TPSA) is 0 Å². The Hall–Kier alpha value is 0.430. The minimum atomic E-state index is -1.09. The zero-order valence-corrected chi connectivity index (χ0v) is 31.0. The van der Waals surface area contributed by atoms with Crippen molar-refractivity contribution in [2.24, 2.45) is 0 Å². The van der Waals surface area contributed by atoms with Gasteiger partial charge < -0.3 is 0 Å². The summed E-state index contributed by atoms with van der Waals surface area (Å²) >= 11 is 0. The molecule has 1 heteroatoms. The third kappa shape index (κ3) is 30.2. The van der Waals surface area contributed by atoms with Crippen molar-refractivity contribution < 1.29 is 0 Å². The molecule has 0 aromatic rings. The number of unbranched alkanes of at least 4 members (excludes halogenated alkanes) is 28. The van der Waals surface area contributed by atoms with Gasteiger partial charge in [0.2, 0.25) is 0 Å². The van der Waals surface area contributed by atoms with Crippen molar-refractivity contribution >= 4 is 7.26 Å². The Bertz CT molecular complexity index is 398. The molecule has 0 saturated heterocycles. The molecule has 0 rings (SSSR count). The molecule has 0 amide bonds. The first-order valence-corrected chi connectivity index (χ1v) is 23.1. The van der Waals surface area contributed by atoms with E-state index in [-0.39, 0.29) is 0 Å². The minimum absolute atomic E-state index is 1.09. The first-order valence-electron chi connectivity index (χ1n) is 20.2. The summed E-state index contributed by atoms with van der Waals surface area (Å²) in [5.74, 6) is 0. The molecule has 0 heterocycles. The maximum absolute atomic E-state index is 2.45. The molecule has 0 nitrogen and oxygen atoms in total. The quantitative estimate of drug-likeness (QED) is 0.0498. The number of hydrogen-bond donors (Lipinski definition) is 0. The van der Waals surface area contributed by atoms with Crippen LogP contribution < -0.4 is 0 Å². The fourth-order valence-electron chi connectivity index (χ4n) is 7.26. The van der Waals surface area contributed by atoms with E-state index in [1.54, 1.807) is 43.9 Å². The Morgan fingerprint density at radius 2 is 0.366 bits per heavy atom. The Kier molecular flexibility index (Phi) is 35.3. The fraction of sp³-hybridized carbons (Fsp3) is 1.00. The van der Waals surface area contributed by atoms with E-state index >= 15 is 0 Å². The van der Waals surface area contributed by atoms with Crippen LogP contribution in [0, 0.1) is 0 Å². The summed E-state index contributed by atoms with van der Waals surface area (Å²) in [5, 5.41) is 0. The molecule has 0 unspecified atom stereocenters. The van der Waals surface area contributed by atoms with E-state index in [1.165, 1.54) is 186 Å². The van der Waals surface area contributed by atoms with Gasteiger partial charge in [-0.3, -0.25) is 0 Å². The van der Waals surface area contributed by atoms with Crippen molar-refractivity contribution in [3.05, 3.63) is 0 Å². The van der Waals surface area contributed by atoms with Crippen molar-refractivity contribution in [2.45, 2.75) is 233 Å². The van der Waals surface area contributed by atoms with E-state index in [0.717, 1.165) is 0 Å². The SMILES string of the molecule is CCCCCCCCCCCC[PH](CCCC)(CCCCCCCCCCCC)CCCCCCCCCCCC. The predicted molar refractivity (Wildman–Crippen MR) is 198 cm³/mol. The van der Waals surface area contributed by atoms with Gasteiger partial charge in [0.05, 0.1) is 0 Å². The first kappa shape index (κ1) is 41.4. The van der Waals surface area contributed by atoms with Crippen LogP contribution in [0.1, 0.15) is 233 Å². The molecule has 0 bridgehead atoms. The Labute approximate surface area is 264 Å². The van der Waals surface area contributed by atoms with Gasteiger partial charge in [0.1, 0.15) is 0 Å². The fourth-order valence-corrected chi connectivity index (χ4v) is 12.9. The van der Waals surface area contributed by atoms with E-state index in [4.69, 9.17) is 0 Å². The molecule has 41 heavy (non-hydrogen) atoms. The molecule has 0 aromatic heterocycles. The second kappa shape index (κ2) is 34.9. The zero-order chi connectivity index (χ0) is 30.0. The van der Waals surface area contributed by atoms with Gasteiger partial charge in [-0.2, -0.15) is 0 Å². The molecule has 0 atom stereocenters. The zero-order valence-electron chi connectivity index (χ0n) is 30.0. The summed E-state index contributed by atoms with van der Waals surface area (Å²) in [7, 11) is -1.09. The summed E-state index contributed by atoms with van der Waals surface area (Å²) in [5.41, 5.74) is 0. The standard InChI is InChI=1S/C40H85P/c1-5-9-13-16-19-22-25-28-31-34-38-41(37-12-8-4,39-35-32-29-26-23-20-17-14-10-6-2)40-36-33-30-27-24-21-18-15-11-7-3/h41H,5-40H2,1-4H3. The second-order valence-electron chi connectivity index (χ2n) is 14.4. The average molecular weight is 597 g/mol. The molecular weight excluding hydrogens is 511 g/mol. The van der Waals surface area contributed by atoms with E-state index in [1.807, 2.05) is 0 Å². The van der Waals surface area contributed by atoms with Gasteiger partial charge >= 0.3 is 265 Å². The third-order valence-corrected chi connectivity index (χ3v) is 15.9. The molecule has 0 fully saturated rings. The normalized spacial score (nSPS) is 12.4. The van der Waals surface area contributed by atoms with Crippen molar-refractivity contribution in [3.63, 3.8) is 0 Å². The van der Waals surface area contributed by atoms with Crippen LogP contribution in [0.3, 0.4) is 0 Å². The van der Waals surface area contributed by atoms with Crippen LogP contribution >= 0.6 is 7.26 Å². The van der Waals surface area contributed by atoms with Crippen LogP contribution in [-0.4, -0.2) is 24.6 Å². The summed E-state index contributed by atoms with van der Waals surface area (Å²) in [6.07, 6.45) is 54.3. The van der Waals surface area contributed by atoms with E-state index < -0.39 is 7.26 Å². The molecule has 0 saturated carbocycles. The maximum atomic E-state index is 2.45. The third-order valence-electron chi connectivity index (χ3n) is 10.2. The van der Waals surface area contributed by atoms with Crippen LogP contribution in [0.2, 0.25) is 0 Å². The molecule has 0 aromatic carbocycles. The predicted octanol–water partition coefficient (Wildman–Crippen LogP) is 15.3. The molecule has 250 valence electrons. The number of rotatable bonds is 36. The van der Waals surface area contributed by atoms with Crippen LogP contribution in [0.25, 0.3) is 0 Å². The molecule has 0 spiro atoms. The Morgan fingerprint density at radius 1 is 0.195 bits per heavy atom. The van der Waals surface area contributed by atoms with Crippen molar-refractivity contribution in [1.29, 1.82) is 0 Å². The van der Waals surface area contributed by atoms with Crippen molar-refractivity contribution in [3.8, 4) is 0 Å². The molecule has 0 aliphatic carbocycles. The van der Waals surface area contributed by atoms with Gasteiger partial charge in [-0.15, -0.1) is 0 Å². The Balaban J connectivity index is 4.47. The summed E-state index contributed by atoms with van der Waals surface area (Å²) in [6.45, 7) is 9.44. The Morgan fingerprint density at radius 3 is 0.585 bits per heavy atom.